The lowest BCUT2D eigenvalue weighted by atomic mass is 10.0. The second-order valence-electron chi connectivity index (χ2n) is 5.37. The molecule has 112 valence electrons. The van der Waals surface area contributed by atoms with Crippen molar-refractivity contribution in [3.63, 3.8) is 0 Å². The van der Waals surface area contributed by atoms with Crippen LogP contribution >= 0.6 is 0 Å². The Morgan fingerprint density at radius 1 is 1.55 bits per heavy atom. The number of rotatable bonds is 5. The van der Waals surface area contributed by atoms with Gasteiger partial charge in [-0.05, 0) is 38.1 Å². The van der Waals surface area contributed by atoms with Crippen LogP contribution in [0.5, 0.6) is 5.75 Å². The zero-order valence-electron chi connectivity index (χ0n) is 12.3. The Balaban J connectivity index is 2.00. The molecular formula is C15H23FN2O2. The summed E-state index contributed by atoms with van der Waals surface area (Å²) in [5.74, 6) is -0.132. The highest BCUT2D eigenvalue weighted by Crippen LogP contribution is 2.23. The van der Waals surface area contributed by atoms with Crippen molar-refractivity contribution < 1.29 is 13.9 Å². The van der Waals surface area contributed by atoms with Crippen molar-refractivity contribution in [1.82, 2.24) is 4.90 Å². The van der Waals surface area contributed by atoms with Crippen LogP contribution < -0.4 is 10.5 Å². The van der Waals surface area contributed by atoms with E-state index in [0.29, 0.717) is 12.6 Å². The SMILES string of the molecule is COc1ccc(C(N)CN(C)C2CCOC2C)cc1F. The molecular weight excluding hydrogens is 259 g/mol. The number of ether oxygens (including phenoxy) is 2. The number of hydrogen-bond acceptors (Lipinski definition) is 4. The van der Waals surface area contributed by atoms with Crippen LogP contribution in [0.25, 0.3) is 0 Å². The molecule has 20 heavy (non-hydrogen) atoms. The lowest BCUT2D eigenvalue weighted by Gasteiger charge is -2.29. The van der Waals surface area contributed by atoms with Gasteiger partial charge >= 0.3 is 0 Å². The van der Waals surface area contributed by atoms with Gasteiger partial charge in [0.2, 0.25) is 0 Å². The maximum Gasteiger partial charge on any atom is 0.165 e. The predicted octanol–water partition coefficient (Wildman–Crippen LogP) is 1.94. The van der Waals surface area contributed by atoms with E-state index in [-0.39, 0.29) is 23.7 Å². The van der Waals surface area contributed by atoms with Gasteiger partial charge in [0, 0.05) is 25.2 Å². The molecule has 1 heterocycles. The van der Waals surface area contributed by atoms with Gasteiger partial charge in [0.25, 0.3) is 0 Å². The first kappa shape index (κ1) is 15.2. The highest BCUT2D eigenvalue weighted by Gasteiger charge is 2.28. The van der Waals surface area contributed by atoms with Crippen molar-refractivity contribution in [3.8, 4) is 5.75 Å². The van der Waals surface area contributed by atoms with E-state index in [4.69, 9.17) is 15.2 Å². The van der Waals surface area contributed by atoms with E-state index in [9.17, 15) is 4.39 Å². The van der Waals surface area contributed by atoms with Crippen molar-refractivity contribution in [2.24, 2.45) is 5.73 Å². The fourth-order valence-corrected chi connectivity index (χ4v) is 2.76. The Kier molecular flexibility index (Phi) is 4.96. The van der Waals surface area contributed by atoms with Crippen LogP contribution in [0, 0.1) is 5.82 Å². The number of halogens is 1. The third-order valence-corrected chi connectivity index (χ3v) is 3.99. The normalized spacial score (nSPS) is 24.1. The van der Waals surface area contributed by atoms with E-state index in [1.807, 2.05) is 13.1 Å². The zero-order chi connectivity index (χ0) is 14.7. The lowest BCUT2D eigenvalue weighted by molar-refractivity contribution is 0.0818. The molecule has 4 nitrogen and oxygen atoms in total. The zero-order valence-corrected chi connectivity index (χ0v) is 12.3. The van der Waals surface area contributed by atoms with Crippen molar-refractivity contribution in [1.29, 1.82) is 0 Å². The van der Waals surface area contributed by atoms with Crippen LogP contribution in [0.3, 0.4) is 0 Å². The molecule has 0 aliphatic carbocycles. The highest BCUT2D eigenvalue weighted by atomic mass is 19.1. The van der Waals surface area contributed by atoms with Gasteiger partial charge in [-0.15, -0.1) is 0 Å². The van der Waals surface area contributed by atoms with Crippen LogP contribution in [0.4, 0.5) is 4.39 Å². The fraction of sp³-hybridized carbons (Fsp3) is 0.600. The summed E-state index contributed by atoms with van der Waals surface area (Å²) < 4.78 is 24.2. The predicted molar refractivity (Wildman–Crippen MR) is 76.3 cm³/mol. The molecule has 1 aromatic carbocycles. The van der Waals surface area contributed by atoms with Gasteiger partial charge < -0.3 is 15.2 Å². The van der Waals surface area contributed by atoms with Gasteiger partial charge in [-0.1, -0.05) is 6.07 Å². The molecule has 5 heteroatoms. The van der Waals surface area contributed by atoms with Crippen LogP contribution in [0.15, 0.2) is 18.2 Å². The summed E-state index contributed by atoms with van der Waals surface area (Å²) >= 11 is 0. The number of nitrogens with zero attached hydrogens (tertiary/aromatic N) is 1. The third-order valence-electron chi connectivity index (χ3n) is 3.99. The van der Waals surface area contributed by atoms with Crippen LogP contribution in [0.1, 0.15) is 24.9 Å². The molecule has 3 unspecified atom stereocenters. The minimum absolute atomic E-state index is 0.222. The summed E-state index contributed by atoms with van der Waals surface area (Å²) in [6.45, 7) is 3.54. The van der Waals surface area contributed by atoms with Crippen LogP contribution in [-0.4, -0.2) is 44.4 Å². The van der Waals surface area contributed by atoms with E-state index >= 15 is 0 Å². The first-order valence-corrected chi connectivity index (χ1v) is 6.93. The van der Waals surface area contributed by atoms with Gasteiger partial charge in [-0.3, -0.25) is 4.90 Å². The smallest absolute Gasteiger partial charge is 0.165 e. The van der Waals surface area contributed by atoms with E-state index in [2.05, 4.69) is 11.8 Å². The van der Waals surface area contributed by atoms with Crippen molar-refractivity contribution >= 4 is 0 Å². The molecule has 1 fully saturated rings. The van der Waals surface area contributed by atoms with Crippen molar-refractivity contribution in [3.05, 3.63) is 29.6 Å². The second-order valence-corrected chi connectivity index (χ2v) is 5.37. The summed E-state index contributed by atoms with van der Waals surface area (Å²) in [6, 6.07) is 5.03. The maximum atomic E-state index is 13.7. The maximum absolute atomic E-state index is 13.7. The largest absolute Gasteiger partial charge is 0.494 e. The molecule has 1 aliphatic rings. The Morgan fingerprint density at radius 2 is 2.30 bits per heavy atom. The van der Waals surface area contributed by atoms with Gasteiger partial charge in [0.05, 0.1) is 13.2 Å². The molecule has 0 bridgehead atoms. The lowest BCUT2D eigenvalue weighted by Crippen LogP contribution is -2.40. The fourth-order valence-electron chi connectivity index (χ4n) is 2.76. The monoisotopic (exact) mass is 282 g/mol. The molecule has 1 aliphatic heterocycles. The Hall–Kier alpha value is -1.17. The highest BCUT2D eigenvalue weighted by molar-refractivity contribution is 5.31. The molecule has 0 spiro atoms. The van der Waals surface area contributed by atoms with Gasteiger partial charge in [-0.25, -0.2) is 4.39 Å². The van der Waals surface area contributed by atoms with E-state index in [1.54, 1.807) is 6.07 Å². The number of hydrogen-bond donors (Lipinski definition) is 1. The molecule has 1 saturated heterocycles. The standard InChI is InChI=1S/C15H23FN2O2/c1-10-14(6-7-20-10)18(2)9-13(17)11-4-5-15(19-3)12(16)8-11/h4-5,8,10,13-14H,6-7,9,17H2,1-3H3. The average Bonchev–Trinajstić information content (AvgIpc) is 2.84. The average molecular weight is 282 g/mol. The summed E-state index contributed by atoms with van der Waals surface area (Å²) in [7, 11) is 3.49. The quantitative estimate of drug-likeness (QED) is 0.896. The molecule has 2 rings (SSSR count). The molecule has 0 saturated carbocycles. The number of nitrogens with two attached hydrogens (primary N) is 1. The molecule has 3 atom stereocenters. The van der Waals surface area contributed by atoms with E-state index in [1.165, 1.54) is 13.2 Å². The Labute approximate surface area is 119 Å². The van der Waals surface area contributed by atoms with E-state index in [0.717, 1.165) is 18.6 Å². The minimum Gasteiger partial charge on any atom is -0.494 e. The summed E-state index contributed by atoms with van der Waals surface area (Å²) in [4.78, 5) is 2.20. The van der Waals surface area contributed by atoms with Gasteiger partial charge in [0.15, 0.2) is 11.6 Å². The summed E-state index contributed by atoms with van der Waals surface area (Å²) in [5.41, 5.74) is 6.96. The van der Waals surface area contributed by atoms with E-state index < -0.39 is 0 Å². The Morgan fingerprint density at radius 3 is 2.85 bits per heavy atom. The van der Waals surface area contributed by atoms with Crippen LogP contribution in [0.2, 0.25) is 0 Å². The molecule has 0 radical (unpaired) electrons. The molecule has 0 aromatic heterocycles. The van der Waals surface area contributed by atoms with Crippen molar-refractivity contribution in [2.45, 2.75) is 31.5 Å². The third kappa shape index (κ3) is 3.29. The summed E-state index contributed by atoms with van der Waals surface area (Å²) in [6.07, 6.45) is 1.24. The first-order chi connectivity index (χ1) is 9.52. The number of likely N-dealkylation sites (N-methyl/N-ethyl adjacent to an activating group) is 1. The Bertz CT molecular complexity index is 455. The molecule has 1 aromatic rings. The second kappa shape index (κ2) is 6.52. The van der Waals surface area contributed by atoms with Crippen molar-refractivity contribution in [2.75, 3.05) is 27.3 Å². The van der Waals surface area contributed by atoms with Crippen LogP contribution in [-0.2, 0) is 4.74 Å². The number of benzene rings is 1. The van der Waals surface area contributed by atoms with Gasteiger partial charge in [0.1, 0.15) is 0 Å². The molecule has 0 amide bonds. The number of methoxy groups -OCH3 is 1. The topological polar surface area (TPSA) is 47.7 Å². The first-order valence-electron chi connectivity index (χ1n) is 6.93. The summed E-state index contributed by atoms with van der Waals surface area (Å²) in [5, 5.41) is 0. The molecule has 2 N–H and O–H groups in total. The minimum atomic E-state index is -0.374. The van der Waals surface area contributed by atoms with Gasteiger partial charge in [-0.2, -0.15) is 0 Å².